The molecule has 5 heteroatoms. The second kappa shape index (κ2) is 8.55. The van der Waals surface area contributed by atoms with Crippen LogP contribution in [0.5, 0.6) is 0 Å². The van der Waals surface area contributed by atoms with E-state index in [0.717, 1.165) is 10.8 Å². The number of carbonyl (C=O) groups excluding carboxylic acids is 1. The summed E-state index contributed by atoms with van der Waals surface area (Å²) in [6.45, 7) is 12.6. The van der Waals surface area contributed by atoms with Crippen LogP contribution in [0.15, 0.2) is 61.1 Å². The van der Waals surface area contributed by atoms with E-state index in [1.54, 1.807) is 23.2 Å². The number of aromatic nitrogens is 2. The van der Waals surface area contributed by atoms with E-state index in [0.29, 0.717) is 18.8 Å². The summed E-state index contributed by atoms with van der Waals surface area (Å²) in [7, 11) is 0. The molecule has 0 atom stereocenters. The summed E-state index contributed by atoms with van der Waals surface area (Å²) in [4.78, 5) is 18.5. The fourth-order valence-electron chi connectivity index (χ4n) is 2.49. The third kappa shape index (κ3) is 4.61. The number of aryl methyl sites for hydroxylation is 2. The van der Waals surface area contributed by atoms with E-state index in [1.807, 2.05) is 10.8 Å². The molecule has 2 rings (SSSR count). The zero-order chi connectivity index (χ0) is 17.5. The Morgan fingerprint density at radius 3 is 2.42 bits per heavy atom. The summed E-state index contributed by atoms with van der Waals surface area (Å²) in [5.41, 5.74) is 3.47. The fraction of sp³-hybridized carbons (Fsp3) is 0.263. The monoisotopic (exact) mass is 341 g/mol. The molecular weight excluding hydrogens is 318 g/mol. The second-order valence-electron chi connectivity index (χ2n) is 5.59. The lowest BCUT2D eigenvalue weighted by molar-refractivity contribution is -0.127. The van der Waals surface area contributed by atoms with E-state index in [-0.39, 0.29) is 5.91 Å². The Morgan fingerprint density at radius 1 is 1.21 bits per heavy atom. The number of rotatable bonds is 8. The van der Waals surface area contributed by atoms with Gasteiger partial charge in [0, 0.05) is 31.2 Å². The molecule has 0 saturated carbocycles. The van der Waals surface area contributed by atoms with Gasteiger partial charge in [-0.05, 0) is 37.1 Å². The van der Waals surface area contributed by atoms with Gasteiger partial charge < -0.3 is 4.90 Å². The highest BCUT2D eigenvalue weighted by Gasteiger charge is 2.14. The van der Waals surface area contributed by atoms with Crippen LogP contribution >= 0.6 is 11.8 Å². The molecule has 0 aliphatic carbocycles. The Morgan fingerprint density at radius 2 is 1.83 bits per heavy atom. The first-order chi connectivity index (χ1) is 11.5. The van der Waals surface area contributed by atoms with Crippen LogP contribution in [0, 0.1) is 13.8 Å². The zero-order valence-corrected chi connectivity index (χ0v) is 15.1. The van der Waals surface area contributed by atoms with Gasteiger partial charge in [0.2, 0.25) is 5.91 Å². The first-order valence-electron chi connectivity index (χ1n) is 7.79. The van der Waals surface area contributed by atoms with Crippen molar-refractivity contribution in [3.63, 3.8) is 0 Å². The third-order valence-corrected chi connectivity index (χ3v) is 4.42. The minimum atomic E-state index is 0.0507. The summed E-state index contributed by atoms with van der Waals surface area (Å²) in [6.07, 6.45) is 7.13. The van der Waals surface area contributed by atoms with Crippen molar-refractivity contribution in [3.8, 4) is 5.69 Å². The molecule has 0 saturated heterocycles. The molecule has 1 aromatic heterocycles. The molecule has 0 radical (unpaired) electrons. The number of nitrogens with zero attached hydrogens (tertiary/aromatic N) is 3. The molecule has 4 nitrogen and oxygen atoms in total. The largest absolute Gasteiger partial charge is 0.335 e. The highest BCUT2D eigenvalue weighted by molar-refractivity contribution is 7.99. The fourth-order valence-corrected chi connectivity index (χ4v) is 3.37. The van der Waals surface area contributed by atoms with Crippen LogP contribution in [0.2, 0.25) is 0 Å². The van der Waals surface area contributed by atoms with E-state index in [4.69, 9.17) is 0 Å². The average Bonchev–Trinajstić information content (AvgIpc) is 3.00. The molecule has 24 heavy (non-hydrogen) atoms. The SMILES string of the molecule is C=CCN(CC=C)C(=O)CSc1nccn1-c1cc(C)cc(C)c1. The van der Waals surface area contributed by atoms with Gasteiger partial charge in [0.05, 0.1) is 5.75 Å². The van der Waals surface area contributed by atoms with Crippen molar-refractivity contribution in [2.75, 3.05) is 18.8 Å². The Labute approximate surface area is 147 Å². The van der Waals surface area contributed by atoms with Gasteiger partial charge in [-0.1, -0.05) is 30.0 Å². The summed E-state index contributed by atoms with van der Waals surface area (Å²) in [6, 6.07) is 6.36. The summed E-state index contributed by atoms with van der Waals surface area (Å²) >= 11 is 1.44. The minimum Gasteiger partial charge on any atom is -0.335 e. The summed E-state index contributed by atoms with van der Waals surface area (Å²) < 4.78 is 2.02. The Hall–Kier alpha value is -2.27. The van der Waals surface area contributed by atoms with Crippen LogP contribution in [-0.2, 0) is 4.79 Å². The molecule has 0 fully saturated rings. The maximum absolute atomic E-state index is 12.3. The van der Waals surface area contributed by atoms with Crippen molar-refractivity contribution in [2.24, 2.45) is 0 Å². The average molecular weight is 341 g/mol. The Bertz CT molecular complexity index is 706. The molecule has 0 N–H and O–H groups in total. The van der Waals surface area contributed by atoms with Gasteiger partial charge in [0.1, 0.15) is 0 Å². The molecule has 1 amide bonds. The molecule has 0 unspecified atom stereocenters. The van der Waals surface area contributed by atoms with Crippen LogP contribution in [0.4, 0.5) is 0 Å². The van der Waals surface area contributed by atoms with Crippen LogP contribution in [0.25, 0.3) is 5.69 Å². The van der Waals surface area contributed by atoms with Crippen LogP contribution in [-0.4, -0.2) is 39.2 Å². The van der Waals surface area contributed by atoms with Gasteiger partial charge in [-0.15, -0.1) is 13.2 Å². The van der Waals surface area contributed by atoms with Gasteiger partial charge in [-0.25, -0.2) is 4.98 Å². The summed E-state index contributed by atoms with van der Waals surface area (Å²) in [5.74, 6) is 0.388. The number of amides is 1. The Kier molecular flexibility index (Phi) is 6.44. The number of hydrogen-bond donors (Lipinski definition) is 0. The number of imidazole rings is 1. The third-order valence-electron chi connectivity index (χ3n) is 3.47. The van der Waals surface area contributed by atoms with Crippen molar-refractivity contribution < 1.29 is 4.79 Å². The topological polar surface area (TPSA) is 38.1 Å². The van der Waals surface area contributed by atoms with E-state index in [1.165, 1.54) is 22.9 Å². The lowest BCUT2D eigenvalue weighted by Crippen LogP contribution is -2.32. The number of hydrogen-bond acceptors (Lipinski definition) is 3. The Balaban J connectivity index is 2.12. The molecule has 126 valence electrons. The molecule has 0 bridgehead atoms. The van der Waals surface area contributed by atoms with Crippen molar-refractivity contribution in [3.05, 3.63) is 67.0 Å². The minimum absolute atomic E-state index is 0.0507. The maximum Gasteiger partial charge on any atom is 0.233 e. The molecule has 1 aromatic carbocycles. The van der Waals surface area contributed by atoms with Gasteiger partial charge in [-0.3, -0.25) is 9.36 Å². The van der Waals surface area contributed by atoms with Gasteiger partial charge in [0.25, 0.3) is 0 Å². The summed E-state index contributed by atoms with van der Waals surface area (Å²) in [5, 5.41) is 0.811. The molecule has 1 heterocycles. The lowest BCUT2D eigenvalue weighted by atomic mass is 10.1. The highest BCUT2D eigenvalue weighted by Crippen LogP contribution is 2.22. The quantitative estimate of drug-likeness (QED) is 0.542. The molecule has 0 aliphatic heterocycles. The predicted molar refractivity (Wildman–Crippen MR) is 101 cm³/mol. The molecule has 0 spiro atoms. The predicted octanol–water partition coefficient (Wildman–Crippen LogP) is 3.78. The normalized spacial score (nSPS) is 10.4. The van der Waals surface area contributed by atoms with E-state index >= 15 is 0 Å². The molecular formula is C19H23N3OS. The van der Waals surface area contributed by atoms with Crippen LogP contribution in [0.1, 0.15) is 11.1 Å². The second-order valence-corrected chi connectivity index (χ2v) is 6.53. The van der Waals surface area contributed by atoms with Gasteiger partial charge in [-0.2, -0.15) is 0 Å². The smallest absolute Gasteiger partial charge is 0.233 e. The van der Waals surface area contributed by atoms with Crippen molar-refractivity contribution >= 4 is 17.7 Å². The van der Waals surface area contributed by atoms with Gasteiger partial charge >= 0.3 is 0 Å². The lowest BCUT2D eigenvalue weighted by Gasteiger charge is -2.19. The number of benzene rings is 1. The van der Waals surface area contributed by atoms with Gasteiger partial charge in [0.15, 0.2) is 5.16 Å². The van der Waals surface area contributed by atoms with Crippen LogP contribution < -0.4 is 0 Å². The number of thioether (sulfide) groups is 1. The van der Waals surface area contributed by atoms with Crippen molar-refractivity contribution in [1.82, 2.24) is 14.5 Å². The maximum atomic E-state index is 12.3. The van der Waals surface area contributed by atoms with Crippen molar-refractivity contribution in [1.29, 1.82) is 0 Å². The van der Waals surface area contributed by atoms with Crippen molar-refractivity contribution in [2.45, 2.75) is 19.0 Å². The molecule has 0 aliphatic rings. The van der Waals surface area contributed by atoms with E-state index in [2.05, 4.69) is 50.2 Å². The highest BCUT2D eigenvalue weighted by atomic mass is 32.2. The van der Waals surface area contributed by atoms with E-state index in [9.17, 15) is 4.79 Å². The number of carbonyl (C=O) groups is 1. The molecule has 2 aromatic rings. The zero-order valence-electron chi connectivity index (χ0n) is 14.2. The first kappa shape index (κ1) is 18.1. The standard InChI is InChI=1S/C19H23N3OS/c1-5-8-21(9-6-2)18(23)14-24-19-20-7-10-22(19)17-12-15(3)11-16(4)13-17/h5-7,10-13H,1-2,8-9,14H2,3-4H3. The van der Waals surface area contributed by atoms with Crippen LogP contribution in [0.3, 0.4) is 0 Å². The van der Waals surface area contributed by atoms with E-state index < -0.39 is 0 Å². The first-order valence-corrected chi connectivity index (χ1v) is 8.78.